The number of hydrogen-bond acceptors (Lipinski definition) is 4. The summed E-state index contributed by atoms with van der Waals surface area (Å²) in [5.74, 6) is 0. The molecule has 2 unspecified atom stereocenters. The van der Waals surface area contributed by atoms with E-state index in [4.69, 9.17) is 0 Å². The van der Waals surface area contributed by atoms with E-state index in [-0.39, 0.29) is 12.1 Å². The van der Waals surface area contributed by atoms with Crippen LogP contribution in [-0.4, -0.2) is 53.3 Å². The van der Waals surface area contributed by atoms with Crippen LogP contribution in [0.15, 0.2) is 24.4 Å². The Hall–Kier alpha value is -0.970. The number of nitrogens with one attached hydrogen (secondary N) is 1. The van der Waals surface area contributed by atoms with Crippen molar-refractivity contribution in [1.82, 2.24) is 15.2 Å². The van der Waals surface area contributed by atoms with Crippen LogP contribution < -0.4 is 5.32 Å². The summed E-state index contributed by atoms with van der Waals surface area (Å²) in [6.07, 6.45) is 7.38. The molecule has 2 N–H and O–H groups in total. The molecule has 2 atom stereocenters. The highest BCUT2D eigenvalue weighted by Crippen LogP contribution is 2.30. The molecule has 0 radical (unpaired) electrons. The Labute approximate surface area is 128 Å². The Morgan fingerprint density at radius 2 is 2.33 bits per heavy atom. The summed E-state index contributed by atoms with van der Waals surface area (Å²) >= 11 is 0. The molecule has 1 saturated carbocycles. The number of aliphatic hydroxyl groups is 1. The van der Waals surface area contributed by atoms with Gasteiger partial charge < -0.3 is 15.3 Å². The molecule has 0 saturated heterocycles. The minimum Gasteiger partial charge on any atom is -0.394 e. The summed E-state index contributed by atoms with van der Waals surface area (Å²) in [7, 11) is 2.20. The number of hydrogen-bond donors (Lipinski definition) is 2. The maximum atomic E-state index is 9.79. The zero-order valence-corrected chi connectivity index (χ0v) is 13.4. The van der Waals surface area contributed by atoms with E-state index in [0.717, 1.165) is 38.0 Å². The molecule has 1 aromatic heterocycles. The van der Waals surface area contributed by atoms with Crippen LogP contribution in [0.1, 0.15) is 38.3 Å². The number of likely N-dealkylation sites (N-methyl/N-ethyl adjacent to an activating group) is 2. The van der Waals surface area contributed by atoms with Gasteiger partial charge in [0.05, 0.1) is 6.61 Å². The third-order valence-corrected chi connectivity index (χ3v) is 4.74. The van der Waals surface area contributed by atoms with Gasteiger partial charge in [-0.05, 0) is 51.4 Å². The summed E-state index contributed by atoms with van der Waals surface area (Å²) in [5.41, 5.74) is 1.08. The number of aromatic nitrogens is 1. The molecular weight excluding hydrogens is 262 g/mol. The van der Waals surface area contributed by atoms with Crippen molar-refractivity contribution in [3.63, 3.8) is 0 Å². The van der Waals surface area contributed by atoms with Gasteiger partial charge in [0, 0.05) is 36.4 Å². The lowest BCUT2D eigenvalue weighted by atomic mass is 9.79. The molecule has 4 nitrogen and oxygen atoms in total. The molecule has 2 rings (SSSR count). The molecule has 0 spiro atoms. The summed E-state index contributed by atoms with van der Waals surface area (Å²) < 4.78 is 0. The molecule has 1 aliphatic rings. The van der Waals surface area contributed by atoms with Crippen LogP contribution in [0.3, 0.4) is 0 Å². The van der Waals surface area contributed by atoms with Gasteiger partial charge in [0.15, 0.2) is 0 Å². The zero-order chi connectivity index (χ0) is 15.1. The van der Waals surface area contributed by atoms with Gasteiger partial charge in [0.1, 0.15) is 0 Å². The van der Waals surface area contributed by atoms with Gasteiger partial charge in [0.2, 0.25) is 0 Å². The molecule has 4 heteroatoms. The first-order chi connectivity index (χ1) is 10.2. The molecule has 1 fully saturated rings. The second kappa shape index (κ2) is 7.87. The number of rotatable bonds is 7. The van der Waals surface area contributed by atoms with Crippen LogP contribution in [0.2, 0.25) is 0 Å². The highest BCUT2D eigenvalue weighted by Gasteiger charge is 2.36. The Morgan fingerprint density at radius 1 is 1.48 bits per heavy atom. The molecule has 0 bridgehead atoms. The first kappa shape index (κ1) is 16.4. The van der Waals surface area contributed by atoms with Gasteiger partial charge in [0.25, 0.3) is 0 Å². The lowest BCUT2D eigenvalue weighted by Crippen LogP contribution is -2.55. The highest BCUT2D eigenvalue weighted by molar-refractivity contribution is 5.04. The second-order valence-electron chi connectivity index (χ2n) is 6.27. The highest BCUT2D eigenvalue weighted by atomic mass is 16.3. The lowest BCUT2D eigenvalue weighted by molar-refractivity contribution is 0.0711. The monoisotopic (exact) mass is 291 g/mol. The van der Waals surface area contributed by atoms with Crippen molar-refractivity contribution in [1.29, 1.82) is 0 Å². The van der Waals surface area contributed by atoms with E-state index in [0.29, 0.717) is 6.04 Å². The van der Waals surface area contributed by atoms with Crippen molar-refractivity contribution >= 4 is 0 Å². The zero-order valence-electron chi connectivity index (χ0n) is 13.4. The summed E-state index contributed by atoms with van der Waals surface area (Å²) in [5, 5.41) is 13.3. The smallest absolute Gasteiger partial charge is 0.0613 e. The molecule has 1 heterocycles. The maximum absolute atomic E-state index is 9.79. The Kier molecular flexibility index (Phi) is 6.15. The summed E-state index contributed by atoms with van der Waals surface area (Å²) in [4.78, 5) is 6.83. The van der Waals surface area contributed by atoms with Gasteiger partial charge in [-0.15, -0.1) is 0 Å². The van der Waals surface area contributed by atoms with Gasteiger partial charge in [-0.1, -0.05) is 13.0 Å². The van der Waals surface area contributed by atoms with E-state index in [2.05, 4.69) is 35.2 Å². The van der Waals surface area contributed by atoms with E-state index >= 15 is 0 Å². The fourth-order valence-electron chi connectivity index (χ4n) is 3.46. The van der Waals surface area contributed by atoms with Crippen molar-refractivity contribution in [3.05, 3.63) is 30.1 Å². The fourth-order valence-corrected chi connectivity index (χ4v) is 3.46. The third kappa shape index (κ3) is 4.50. The molecule has 21 heavy (non-hydrogen) atoms. The molecular formula is C17H29N3O. The Morgan fingerprint density at radius 3 is 3.00 bits per heavy atom. The van der Waals surface area contributed by atoms with Crippen molar-refractivity contribution in [2.24, 2.45) is 0 Å². The van der Waals surface area contributed by atoms with Crippen molar-refractivity contribution in [2.45, 2.75) is 50.6 Å². The average molecular weight is 291 g/mol. The number of nitrogens with zero attached hydrogens (tertiary/aromatic N) is 2. The van der Waals surface area contributed by atoms with Crippen molar-refractivity contribution in [2.75, 3.05) is 26.7 Å². The van der Waals surface area contributed by atoms with Crippen molar-refractivity contribution in [3.8, 4) is 0 Å². The Balaban J connectivity index is 1.88. The van der Waals surface area contributed by atoms with Crippen LogP contribution in [0.25, 0.3) is 0 Å². The van der Waals surface area contributed by atoms with Crippen LogP contribution in [0.4, 0.5) is 0 Å². The molecule has 1 aliphatic carbocycles. The predicted octanol–water partition coefficient (Wildman–Crippen LogP) is 1.84. The molecule has 0 amide bonds. The second-order valence-corrected chi connectivity index (χ2v) is 6.27. The topological polar surface area (TPSA) is 48.4 Å². The SMILES string of the molecule is CCNC1(CO)CCCC(N(C)CCc2ccccn2)C1. The molecule has 118 valence electrons. The van der Waals surface area contributed by atoms with E-state index < -0.39 is 0 Å². The van der Waals surface area contributed by atoms with Gasteiger partial charge in [-0.3, -0.25) is 4.98 Å². The standard InChI is InChI=1S/C17H29N3O/c1-3-19-17(14-21)10-6-8-16(13-17)20(2)12-9-15-7-4-5-11-18-15/h4-5,7,11,16,19,21H,3,6,8-10,12-14H2,1-2H3. The van der Waals surface area contributed by atoms with Crippen LogP contribution in [-0.2, 0) is 6.42 Å². The molecule has 0 aliphatic heterocycles. The van der Waals surface area contributed by atoms with Crippen LogP contribution in [0.5, 0.6) is 0 Å². The van der Waals surface area contributed by atoms with E-state index in [1.807, 2.05) is 18.3 Å². The largest absolute Gasteiger partial charge is 0.394 e. The molecule has 1 aromatic rings. The minimum atomic E-state index is -0.0725. The van der Waals surface area contributed by atoms with Crippen molar-refractivity contribution < 1.29 is 5.11 Å². The number of aliphatic hydroxyl groups excluding tert-OH is 1. The van der Waals surface area contributed by atoms with E-state index in [1.165, 1.54) is 12.8 Å². The predicted molar refractivity (Wildman–Crippen MR) is 86.3 cm³/mol. The van der Waals surface area contributed by atoms with E-state index in [9.17, 15) is 5.11 Å². The fraction of sp³-hybridized carbons (Fsp3) is 0.706. The van der Waals surface area contributed by atoms with Crippen LogP contribution >= 0.6 is 0 Å². The third-order valence-electron chi connectivity index (χ3n) is 4.74. The average Bonchev–Trinajstić information content (AvgIpc) is 2.54. The first-order valence-electron chi connectivity index (χ1n) is 8.15. The minimum absolute atomic E-state index is 0.0725. The summed E-state index contributed by atoms with van der Waals surface area (Å²) in [6, 6.07) is 6.64. The van der Waals surface area contributed by atoms with Gasteiger partial charge >= 0.3 is 0 Å². The number of pyridine rings is 1. The first-order valence-corrected chi connectivity index (χ1v) is 8.15. The lowest BCUT2D eigenvalue weighted by Gasteiger charge is -2.43. The van der Waals surface area contributed by atoms with Crippen LogP contribution in [0, 0.1) is 0 Å². The normalized spacial score (nSPS) is 26.2. The summed E-state index contributed by atoms with van der Waals surface area (Å²) in [6.45, 7) is 4.30. The maximum Gasteiger partial charge on any atom is 0.0613 e. The Bertz CT molecular complexity index is 408. The molecule has 0 aromatic carbocycles. The van der Waals surface area contributed by atoms with Gasteiger partial charge in [-0.25, -0.2) is 0 Å². The van der Waals surface area contributed by atoms with E-state index in [1.54, 1.807) is 0 Å². The quantitative estimate of drug-likeness (QED) is 0.805. The van der Waals surface area contributed by atoms with Gasteiger partial charge in [-0.2, -0.15) is 0 Å².